The standard InChI is InChI=1S/C11H19N2O3PS2/c1-5-16-17(15,18)19-8-13(9(2)3)11(14)7-6-10(4)12-13/h6-7,9H,5,8H2,1-4H3/p+1. The van der Waals surface area contributed by atoms with Crippen LogP contribution in [0.25, 0.3) is 0 Å². The largest absolute Gasteiger partial charge is 0.365 e. The average Bonchev–Trinajstić information content (AvgIpc) is 2.30. The number of hydrogen-bond acceptors (Lipinski definition) is 5. The predicted octanol–water partition coefficient (Wildman–Crippen LogP) is 2.63. The van der Waals surface area contributed by atoms with Crippen LogP contribution >= 0.6 is 17.1 Å². The third-order valence-corrected chi connectivity index (χ3v) is 7.08. The molecule has 0 aliphatic carbocycles. The Morgan fingerprint density at radius 2 is 2.21 bits per heavy atom. The first kappa shape index (κ1) is 17.0. The van der Waals surface area contributed by atoms with Crippen molar-refractivity contribution in [3.63, 3.8) is 0 Å². The fraction of sp³-hybridized carbons (Fsp3) is 0.636. The number of carbonyl (C=O) groups excluding carboxylic acids is 1. The number of carbonyl (C=O) groups is 1. The summed E-state index contributed by atoms with van der Waals surface area (Å²) in [5.74, 6) is 0.186. The lowest BCUT2D eigenvalue weighted by Gasteiger charge is -2.34. The molecule has 0 aromatic heterocycles. The number of allylic oxidation sites excluding steroid dienone is 1. The van der Waals surface area contributed by atoms with Gasteiger partial charge in [0.1, 0.15) is 6.04 Å². The van der Waals surface area contributed by atoms with Gasteiger partial charge in [-0.15, -0.1) is 4.59 Å². The van der Waals surface area contributed by atoms with Gasteiger partial charge in [-0.3, -0.25) is 0 Å². The molecule has 1 rings (SSSR count). The minimum absolute atomic E-state index is 0.0310. The molecule has 0 aromatic carbocycles. The molecule has 5 nitrogen and oxygen atoms in total. The van der Waals surface area contributed by atoms with E-state index < -0.39 is 5.69 Å². The molecule has 0 spiro atoms. The summed E-state index contributed by atoms with van der Waals surface area (Å²) in [7, 11) is 0. The van der Waals surface area contributed by atoms with Crippen molar-refractivity contribution in [2.75, 3.05) is 12.5 Å². The first-order valence-electron chi connectivity index (χ1n) is 6.02. The molecular weight excluding hydrogens is 303 g/mol. The molecule has 2 unspecified atom stereocenters. The summed E-state index contributed by atoms with van der Waals surface area (Å²) in [5.41, 5.74) is -2.11. The fourth-order valence-corrected chi connectivity index (χ4v) is 5.11. The van der Waals surface area contributed by atoms with E-state index in [9.17, 15) is 9.69 Å². The van der Waals surface area contributed by atoms with Crippen LogP contribution in [0.15, 0.2) is 17.3 Å². The van der Waals surface area contributed by atoms with E-state index in [2.05, 4.69) is 5.10 Å². The van der Waals surface area contributed by atoms with Crippen molar-refractivity contribution >= 4 is 40.5 Å². The quantitative estimate of drug-likeness (QED) is 0.601. The Hall–Kier alpha value is -0.0400. The summed E-state index contributed by atoms with van der Waals surface area (Å²) in [6.45, 7) is 7.84. The molecule has 2 atom stereocenters. The third kappa shape index (κ3) is 4.21. The Morgan fingerprint density at radius 3 is 2.74 bits per heavy atom. The first-order valence-corrected chi connectivity index (χ1v) is 10.3. The highest BCUT2D eigenvalue weighted by atomic mass is 32.9. The molecule has 1 aliphatic rings. The first-order chi connectivity index (χ1) is 8.73. The maximum absolute atomic E-state index is 12.2. The lowest BCUT2D eigenvalue weighted by Crippen LogP contribution is -2.53. The fourth-order valence-electron chi connectivity index (χ4n) is 1.66. The van der Waals surface area contributed by atoms with Crippen LogP contribution in [0, 0.1) is 0 Å². The van der Waals surface area contributed by atoms with Gasteiger partial charge in [-0.25, -0.2) is 4.79 Å². The molecule has 19 heavy (non-hydrogen) atoms. The maximum Gasteiger partial charge on any atom is 0.365 e. The monoisotopic (exact) mass is 323 g/mol. The van der Waals surface area contributed by atoms with E-state index in [1.165, 1.54) is 6.08 Å². The van der Waals surface area contributed by atoms with Crippen LogP contribution in [0.5, 0.6) is 0 Å². The summed E-state index contributed by atoms with van der Waals surface area (Å²) in [6.07, 6.45) is 3.23. The summed E-state index contributed by atoms with van der Waals surface area (Å²) in [6, 6.07) is -0.0310. The molecular formula is C11H20N2O3PS2+. The van der Waals surface area contributed by atoms with Gasteiger partial charge in [0.2, 0.25) is 5.69 Å². The number of amides is 1. The minimum Gasteiger partial charge on any atom is -0.337 e. The molecule has 1 amide bonds. The smallest absolute Gasteiger partial charge is 0.337 e. The van der Waals surface area contributed by atoms with Gasteiger partial charge in [-0.1, -0.05) is 5.10 Å². The molecule has 0 saturated carbocycles. The molecule has 0 radical (unpaired) electrons. The van der Waals surface area contributed by atoms with Crippen LogP contribution in [-0.2, 0) is 21.1 Å². The molecule has 0 saturated heterocycles. The van der Waals surface area contributed by atoms with E-state index in [4.69, 9.17) is 16.3 Å². The summed E-state index contributed by atoms with van der Waals surface area (Å²) < 4.78 is 5.08. The van der Waals surface area contributed by atoms with Gasteiger partial charge >= 0.3 is 5.91 Å². The minimum atomic E-state index is -2.90. The van der Waals surface area contributed by atoms with Crippen molar-refractivity contribution in [1.29, 1.82) is 0 Å². The number of hydrogen-bond donors (Lipinski definition) is 1. The Kier molecular flexibility index (Phi) is 5.92. The van der Waals surface area contributed by atoms with Crippen LogP contribution in [0.4, 0.5) is 0 Å². The van der Waals surface area contributed by atoms with Gasteiger partial charge in [0.15, 0.2) is 5.88 Å². The van der Waals surface area contributed by atoms with E-state index in [0.717, 1.165) is 17.1 Å². The van der Waals surface area contributed by atoms with E-state index in [1.54, 1.807) is 13.0 Å². The number of quaternary nitrogens is 1. The molecule has 1 aliphatic heterocycles. The van der Waals surface area contributed by atoms with Crippen LogP contribution in [0.1, 0.15) is 27.7 Å². The molecule has 108 valence electrons. The summed E-state index contributed by atoms with van der Waals surface area (Å²) in [4.78, 5) is 22.2. The van der Waals surface area contributed by atoms with Gasteiger partial charge in [-0.05, 0) is 57.0 Å². The van der Waals surface area contributed by atoms with Gasteiger partial charge < -0.3 is 9.42 Å². The number of rotatable bonds is 6. The molecule has 0 aromatic rings. The van der Waals surface area contributed by atoms with Crippen molar-refractivity contribution in [1.82, 2.24) is 0 Å². The normalized spacial score (nSPS) is 26.4. The maximum atomic E-state index is 12.2. The van der Waals surface area contributed by atoms with Crippen molar-refractivity contribution in [3.8, 4) is 0 Å². The lowest BCUT2D eigenvalue weighted by atomic mass is 10.2. The van der Waals surface area contributed by atoms with Crippen molar-refractivity contribution in [2.45, 2.75) is 33.7 Å². The second-order valence-corrected chi connectivity index (χ2v) is 10.6. The zero-order chi connectivity index (χ0) is 14.7. The molecule has 8 heteroatoms. The van der Waals surface area contributed by atoms with E-state index >= 15 is 0 Å². The second-order valence-electron chi connectivity index (χ2n) is 4.48. The summed E-state index contributed by atoms with van der Waals surface area (Å²) in [5, 5.41) is 4.46. The van der Waals surface area contributed by atoms with Gasteiger partial charge in [-0.2, -0.15) is 0 Å². The Bertz CT molecular complexity index is 465. The Labute approximate surface area is 123 Å². The van der Waals surface area contributed by atoms with E-state index in [-0.39, 0.29) is 22.4 Å². The van der Waals surface area contributed by atoms with Crippen LogP contribution < -0.4 is 0 Å². The zero-order valence-corrected chi connectivity index (χ0v) is 14.1. The highest BCUT2D eigenvalue weighted by Gasteiger charge is 2.42. The summed E-state index contributed by atoms with van der Waals surface area (Å²) >= 11 is 6.15. The van der Waals surface area contributed by atoms with Crippen molar-refractivity contribution in [3.05, 3.63) is 12.2 Å². The van der Waals surface area contributed by atoms with E-state index in [0.29, 0.717) is 6.61 Å². The highest BCUT2D eigenvalue weighted by Crippen LogP contribution is 2.57. The second kappa shape index (κ2) is 6.61. The SMILES string of the molecule is CCOP(O)(=S)SC[N+]1(C(C)C)N=C(C)C=CC1=O. The van der Waals surface area contributed by atoms with Crippen molar-refractivity contribution in [2.24, 2.45) is 5.10 Å². The highest BCUT2D eigenvalue weighted by molar-refractivity contribution is 8.67. The average molecular weight is 323 g/mol. The molecule has 1 heterocycles. The zero-order valence-electron chi connectivity index (χ0n) is 11.6. The molecule has 0 fully saturated rings. The topological polar surface area (TPSA) is 58.9 Å². The van der Waals surface area contributed by atoms with Gasteiger partial charge in [0.05, 0.1) is 12.3 Å². The lowest BCUT2D eigenvalue weighted by molar-refractivity contribution is -0.867. The molecule has 1 N–H and O–H groups in total. The van der Waals surface area contributed by atoms with Crippen LogP contribution in [0.2, 0.25) is 0 Å². The molecule has 0 bridgehead atoms. The Morgan fingerprint density at radius 1 is 1.58 bits per heavy atom. The van der Waals surface area contributed by atoms with Crippen LogP contribution in [0.3, 0.4) is 0 Å². The van der Waals surface area contributed by atoms with Crippen LogP contribution in [-0.4, -0.2) is 39.6 Å². The Balaban J connectivity index is 2.94. The van der Waals surface area contributed by atoms with Gasteiger partial charge in [0.25, 0.3) is 0 Å². The van der Waals surface area contributed by atoms with Crippen molar-refractivity contribution < 1.29 is 18.8 Å². The van der Waals surface area contributed by atoms with E-state index in [1.807, 2.05) is 20.8 Å². The predicted molar refractivity (Wildman–Crippen MR) is 83.2 cm³/mol. The number of nitrogens with zero attached hydrogens (tertiary/aromatic N) is 2. The third-order valence-electron chi connectivity index (χ3n) is 2.75. The van der Waals surface area contributed by atoms with Gasteiger partial charge in [0, 0.05) is 6.08 Å².